The van der Waals surface area contributed by atoms with E-state index in [2.05, 4.69) is 36.3 Å². The van der Waals surface area contributed by atoms with Crippen LogP contribution in [0.4, 0.5) is 9.18 Å². The first-order chi connectivity index (χ1) is 10.8. The average Bonchev–Trinajstić information content (AvgIpc) is 2.72. The van der Waals surface area contributed by atoms with E-state index < -0.39 is 0 Å². The summed E-state index contributed by atoms with van der Waals surface area (Å²) in [4.78, 5) is 27.7. The van der Waals surface area contributed by atoms with Crippen LogP contribution in [0.15, 0.2) is 0 Å². The van der Waals surface area contributed by atoms with Crippen LogP contribution < -0.4 is 10.6 Å². The second-order valence-electron chi connectivity index (χ2n) is 7.55. The number of alkyl halides is 1. The number of carbonyl (C=O) groups is 2. The Morgan fingerprint density at radius 1 is 1.22 bits per heavy atom. The minimum absolute atomic E-state index is 0.0300. The predicted octanol–water partition coefficient (Wildman–Crippen LogP) is 0.691. The van der Waals surface area contributed by atoms with Gasteiger partial charge >= 0.3 is 6.03 Å². The van der Waals surface area contributed by atoms with E-state index in [4.69, 9.17) is 0 Å². The highest BCUT2D eigenvalue weighted by Crippen LogP contribution is 2.34. The van der Waals surface area contributed by atoms with Crippen LogP contribution in [0.25, 0.3) is 0 Å². The van der Waals surface area contributed by atoms with E-state index in [-0.39, 0.29) is 36.5 Å². The van der Waals surface area contributed by atoms with E-state index in [1.807, 2.05) is 4.90 Å². The molecular weight excluding hydrogens is 299 g/mol. The summed E-state index contributed by atoms with van der Waals surface area (Å²) in [7, 11) is 0. The van der Waals surface area contributed by atoms with Crippen molar-refractivity contribution in [3.8, 4) is 0 Å². The summed E-state index contributed by atoms with van der Waals surface area (Å²) in [5.41, 5.74) is 0.132. The third kappa shape index (κ3) is 4.80. The summed E-state index contributed by atoms with van der Waals surface area (Å²) in [6.45, 7) is 10.5. The Balaban J connectivity index is 1.57. The molecule has 2 N–H and O–H groups in total. The van der Waals surface area contributed by atoms with Crippen molar-refractivity contribution in [3.63, 3.8) is 0 Å². The van der Waals surface area contributed by atoms with Crippen LogP contribution in [0.3, 0.4) is 0 Å². The minimum atomic E-state index is -0.326. The summed E-state index contributed by atoms with van der Waals surface area (Å²) in [5, 5.41) is 5.34. The molecule has 0 saturated carbocycles. The number of carbonyl (C=O) groups excluding carboxylic acids is 2. The molecule has 0 radical (unpaired) electrons. The number of nitrogens with zero attached hydrogens (tertiary/aromatic N) is 2. The number of hydrogen-bond donors (Lipinski definition) is 2. The van der Waals surface area contributed by atoms with Crippen molar-refractivity contribution in [2.24, 2.45) is 17.3 Å². The molecule has 0 aromatic carbocycles. The van der Waals surface area contributed by atoms with Gasteiger partial charge in [-0.25, -0.2) is 4.79 Å². The fourth-order valence-corrected chi connectivity index (χ4v) is 3.09. The van der Waals surface area contributed by atoms with Crippen LogP contribution in [0.1, 0.15) is 20.8 Å². The van der Waals surface area contributed by atoms with Gasteiger partial charge in [-0.2, -0.15) is 0 Å². The van der Waals surface area contributed by atoms with Gasteiger partial charge in [0.2, 0.25) is 5.91 Å². The smallest absolute Gasteiger partial charge is 0.315 e. The van der Waals surface area contributed by atoms with Gasteiger partial charge in [-0.05, 0) is 11.3 Å². The van der Waals surface area contributed by atoms with Gasteiger partial charge in [0, 0.05) is 45.2 Å². The van der Waals surface area contributed by atoms with Gasteiger partial charge < -0.3 is 20.4 Å². The molecule has 2 aliphatic heterocycles. The number of halogens is 1. The van der Waals surface area contributed by atoms with Crippen molar-refractivity contribution in [1.29, 1.82) is 0 Å². The Kier molecular flexibility index (Phi) is 5.84. The average molecular weight is 328 g/mol. The molecule has 0 bridgehead atoms. The van der Waals surface area contributed by atoms with Crippen molar-refractivity contribution < 1.29 is 14.0 Å². The van der Waals surface area contributed by atoms with Gasteiger partial charge in [-0.15, -0.1) is 0 Å². The van der Waals surface area contributed by atoms with Crippen LogP contribution in [-0.2, 0) is 4.79 Å². The number of amides is 3. The SMILES string of the molecule is CC1CN(C(=O)CNC(=O)NCCN2CC(CF)C2)CC1(C)C. The topological polar surface area (TPSA) is 64.7 Å². The van der Waals surface area contributed by atoms with Crippen molar-refractivity contribution in [2.45, 2.75) is 20.8 Å². The highest BCUT2D eigenvalue weighted by Gasteiger charge is 2.38. The zero-order valence-electron chi connectivity index (χ0n) is 14.4. The Hall–Kier alpha value is -1.37. The van der Waals surface area contributed by atoms with Crippen LogP contribution in [-0.4, -0.2) is 74.2 Å². The van der Waals surface area contributed by atoms with E-state index in [9.17, 15) is 14.0 Å². The first kappa shape index (κ1) is 18.0. The molecule has 3 amide bonds. The Morgan fingerprint density at radius 2 is 1.91 bits per heavy atom. The molecule has 2 rings (SSSR count). The molecule has 1 atom stereocenters. The van der Waals surface area contributed by atoms with Crippen LogP contribution in [0.5, 0.6) is 0 Å². The standard InChI is InChI=1S/C16H29FN4O2/c1-12-8-21(11-16(12,2)3)14(22)7-19-15(23)18-4-5-20-9-13(6-17)10-20/h12-13H,4-11H2,1-3H3,(H2,18,19,23). The first-order valence-electron chi connectivity index (χ1n) is 8.39. The zero-order valence-corrected chi connectivity index (χ0v) is 14.4. The van der Waals surface area contributed by atoms with Gasteiger partial charge in [0.25, 0.3) is 0 Å². The van der Waals surface area contributed by atoms with Crippen molar-refractivity contribution in [2.75, 3.05) is 52.5 Å². The molecule has 23 heavy (non-hydrogen) atoms. The van der Waals surface area contributed by atoms with Crippen LogP contribution in [0.2, 0.25) is 0 Å². The van der Waals surface area contributed by atoms with Gasteiger partial charge in [-0.3, -0.25) is 9.18 Å². The molecule has 0 aliphatic carbocycles. The lowest BCUT2D eigenvalue weighted by Gasteiger charge is -2.37. The maximum Gasteiger partial charge on any atom is 0.315 e. The lowest BCUT2D eigenvalue weighted by Crippen LogP contribution is -2.51. The van der Waals surface area contributed by atoms with E-state index in [1.54, 1.807) is 0 Å². The van der Waals surface area contributed by atoms with Gasteiger partial charge in [0.05, 0.1) is 13.2 Å². The fourth-order valence-electron chi connectivity index (χ4n) is 3.09. The molecule has 2 aliphatic rings. The van der Waals surface area contributed by atoms with Gasteiger partial charge in [0.1, 0.15) is 0 Å². The largest absolute Gasteiger partial charge is 0.340 e. The lowest BCUT2D eigenvalue weighted by atomic mass is 9.84. The molecule has 2 fully saturated rings. The molecule has 2 saturated heterocycles. The maximum atomic E-state index is 12.3. The Labute approximate surface area is 137 Å². The van der Waals surface area contributed by atoms with E-state index >= 15 is 0 Å². The lowest BCUT2D eigenvalue weighted by molar-refractivity contribution is -0.129. The number of hydrogen-bond acceptors (Lipinski definition) is 3. The van der Waals surface area contributed by atoms with Crippen LogP contribution >= 0.6 is 0 Å². The molecule has 2 heterocycles. The highest BCUT2D eigenvalue weighted by molar-refractivity contribution is 5.84. The predicted molar refractivity (Wildman–Crippen MR) is 86.8 cm³/mol. The van der Waals surface area contributed by atoms with Crippen molar-refractivity contribution in [3.05, 3.63) is 0 Å². The van der Waals surface area contributed by atoms with E-state index in [0.29, 0.717) is 12.5 Å². The molecule has 132 valence electrons. The molecule has 0 spiro atoms. The van der Waals surface area contributed by atoms with Crippen molar-refractivity contribution in [1.82, 2.24) is 20.4 Å². The quantitative estimate of drug-likeness (QED) is 0.754. The van der Waals surface area contributed by atoms with E-state index in [0.717, 1.165) is 32.7 Å². The normalized spacial score (nSPS) is 24.3. The summed E-state index contributed by atoms with van der Waals surface area (Å²) in [5.74, 6) is 0.588. The minimum Gasteiger partial charge on any atom is -0.340 e. The maximum absolute atomic E-state index is 12.3. The third-order valence-electron chi connectivity index (χ3n) is 5.14. The van der Waals surface area contributed by atoms with Gasteiger partial charge in [-0.1, -0.05) is 20.8 Å². The molecule has 0 aromatic rings. The molecule has 0 aromatic heterocycles. The molecule has 6 nitrogen and oxygen atoms in total. The zero-order chi connectivity index (χ0) is 17.0. The number of likely N-dealkylation sites (tertiary alicyclic amines) is 2. The number of urea groups is 1. The monoisotopic (exact) mass is 328 g/mol. The molecule has 7 heteroatoms. The molecule has 1 unspecified atom stereocenters. The summed E-state index contributed by atoms with van der Waals surface area (Å²) < 4.78 is 12.3. The number of nitrogens with one attached hydrogen (secondary N) is 2. The summed E-state index contributed by atoms with van der Waals surface area (Å²) in [6, 6.07) is -0.326. The second-order valence-corrected chi connectivity index (χ2v) is 7.55. The first-order valence-corrected chi connectivity index (χ1v) is 8.39. The third-order valence-corrected chi connectivity index (χ3v) is 5.14. The van der Waals surface area contributed by atoms with Gasteiger partial charge in [0.15, 0.2) is 0 Å². The Morgan fingerprint density at radius 3 is 2.48 bits per heavy atom. The summed E-state index contributed by atoms with van der Waals surface area (Å²) in [6.07, 6.45) is 0. The van der Waals surface area contributed by atoms with Crippen molar-refractivity contribution >= 4 is 11.9 Å². The fraction of sp³-hybridized carbons (Fsp3) is 0.875. The van der Waals surface area contributed by atoms with E-state index in [1.165, 1.54) is 0 Å². The Bertz CT molecular complexity index is 438. The number of rotatable bonds is 6. The molecular formula is C16H29FN4O2. The van der Waals surface area contributed by atoms with Crippen LogP contribution in [0, 0.1) is 17.3 Å². The summed E-state index contributed by atoms with van der Waals surface area (Å²) >= 11 is 0. The highest BCUT2D eigenvalue weighted by atomic mass is 19.1. The second kappa shape index (κ2) is 7.47.